The summed E-state index contributed by atoms with van der Waals surface area (Å²) in [6.45, 7) is 2.61. The third kappa shape index (κ3) is 3.57. The first-order valence-corrected chi connectivity index (χ1v) is 8.14. The number of rotatable bonds is 4. The molecule has 23 heavy (non-hydrogen) atoms. The van der Waals surface area contributed by atoms with E-state index < -0.39 is 0 Å². The molecule has 1 aromatic carbocycles. The SMILES string of the molecule is COc1ccc(Cl)cc1CN(C)c1ncnc2c1CCNCC2. The number of nitrogens with one attached hydrogen (secondary N) is 1. The molecule has 1 aliphatic heterocycles. The van der Waals surface area contributed by atoms with Gasteiger partial charge in [0.25, 0.3) is 0 Å². The second-order valence-corrected chi connectivity index (χ2v) is 6.12. The van der Waals surface area contributed by atoms with Crippen LogP contribution in [0.5, 0.6) is 5.75 Å². The van der Waals surface area contributed by atoms with Gasteiger partial charge in [0, 0.05) is 42.7 Å². The fourth-order valence-corrected chi connectivity index (χ4v) is 3.18. The number of benzene rings is 1. The summed E-state index contributed by atoms with van der Waals surface area (Å²) in [4.78, 5) is 11.1. The molecule has 0 atom stereocenters. The molecular weight excluding hydrogens is 312 g/mol. The van der Waals surface area contributed by atoms with Gasteiger partial charge in [0.2, 0.25) is 0 Å². The highest BCUT2D eigenvalue weighted by Gasteiger charge is 2.18. The van der Waals surface area contributed by atoms with Crippen LogP contribution in [-0.4, -0.2) is 37.2 Å². The highest BCUT2D eigenvalue weighted by atomic mass is 35.5. The molecule has 1 N–H and O–H groups in total. The number of halogens is 1. The Morgan fingerprint density at radius 3 is 2.91 bits per heavy atom. The zero-order valence-electron chi connectivity index (χ0n) is 13.5. The molecule has 1 aromatic heterocycles. The highest BCUT2D eigenvalue weighted by Crippen LogP contribution is 2.27. The second-order valence-electron chi connectivity index (χ2n) is 5.68. The van der Waals surface area contributed by atoms with E-state index in [9.17, 15) is 0 Å². The lowest BCUT2D eigenvalue weighted by Crippen LogP contribution is -2.21. The molecule has 1 aliphatic rings. The monoisotopic (exact) mass is 332 g/mol. The van der Waals surface area contributed by atoms with Crippen LogP contribution in [0.25, 0.3) is 0 Å². The standard InChI is InChI=1S/C17H21ClN4O/c1-22(10-12-9-13(18)3-4-16(12)23-2)17-14-5-7-19-8-6-15(14)20-11-21-17/h3-4,9,11,19H,5-8,10H2,1-2H3. The average Bonchev–Trinajstić information content (AvgIpc) is 2.80. The van der Waals surface area contributed by atoms with E-state index in [1.165, 1.54) is 5.56 Å². The summed E-state index contributed by atoms with van der Waals surface area (Å²) in [5.74, 6) is 1.82. The van der Waals surface area contributed by atoms with Crippen molar-refractivity contribution in [1.29, 1.82) is 0 Å². The van der Waals surface area contributed by atoms with Gasteiger partial charge in [0.15, 0.2) is 0 Å². The van der Waals surface area contributed by atoms with Gasteiger partial charge in [-0.3, -0.25) is 0 Å². The number of ether oxygens (including phenoxy) is 1. The molecule has 2 aromatic rings. The molecule has 5 nitrogen and oxygen atoms in total. The predicted octanol–water partition coefficient (Wildman–Crippen LogP) is 2.46. The van der Waals surface area contributed by atoms with E-state index in [1.54, 1.807) is 13.4 Å². The van der Waals surface area contributed by atoms with Crippen LogP contribution in [0, 0.1) is 0 Å². The van der Waals surface area contributed by atoms with E-state index in [1.807, 2.05) is 25.2 Å². The maximum absolute atomic E-state index is 6.13. The smallest absolute Gasteiger partial charge is 0.135 e. The van der Waals surface area contributed by atoms with Gasteiger partial charge in [0.05, 0.1) is 12.8 Å². The third-order valence-corrected chi connectivity index (χ3v) is 4.35. The van der Waals surface area contributed by atoms with Crippen LogP contribution in [0.15, 0.2) is 24.5 Å². The lowest BCUT2D eigenvalue weighted by atomic mass is 10.1. The Morgan fingerprint density at radius 1 is 1.26 bits per heavy atom. The maximum Gasteiger partial charge on any atom is 0.135 e. The summed E-state index contributed by atoms with van der Waals surface area (Å²) in [6.07, 6.45) is 3.55. The number of hydrogen-bond acceptors (Lipinski definition) is 5. The van der Waals surface area contributed by atoms with Crippen molar-refractivity contribution in [2.75, 3.05) is 32.1 Å². The minimum absolute atomic E-state index is 0.681. The molecule has 0 saturated carbocycles. The van der Waals surface area contributed by atoms with Gasteiger partial charge in [0.1, 0.15) is 17.9 Å². The van der Waals surface area contributed by atoms with Crippen molar-refractivity contribution >= 4 is 17.4 Å². The van der Waals surface area contributed by atoms with E-state index in [2.05, 4.69) is 20.2 Å². The normalized spacial score (nSPS) is 14.0. The fraction of sp³-hybridized carbons (Fsp3) is 0.412. The third-order valence-electron chi connectivity index (χ3n) is 4.11. The molecule has 0 fully saturated rings. The summed E-state index contributed by atoms with van der Waals surface area (Å²) in [6, 6.07) is 5.68. The molecule has 2 heterocycles. The van der Waals surface area contributed by atoms with Crippen molar-refractivity contribution in [3.8, 4) is 5.75 Å². The van der Waals surface area contributed by atoms with E-state index >= 15 is 0 Å². The van der Waals surface area contributed by atoms with Gasteiger partial charge in [-0.05, 0) is 31.2 Å². The summed E-state index contributed by atoms with van der Waals surface area (Å²) < 4.78 is 5.44. The lowest BCUT2D eigenvalue weighted by molar-refractivity contribution is 0.409. The van der Waals surface area contributed by atoms with Crippen LogP contribution in [0.3, 0.4) is 0 Å². The first-order valence-electron chi connectivity index (χ1n) is 7.76. The number of methoxy groups -OCH3 is 1. The van der Waals surface area contributed by atoms with Gasteiger partial charge >= 0.3 is 0 Å². The lowest BCUT2D eigenvalue weighted by Gasteiger charge is -2.23. The topological polar surface area (TPSA) is 50.3 Å². The Morgan fingerprint density at radius 2 is 2.09 bits per heavy atom. The molecule has 0 bridgehead atoms. The predicted molar refractivity (Wildman–Crippen MR) is 92.4 cm³/mol. The Labute approximate surface area is 141 Å². The summed E-state index contributed by atoms with van der Waals surface area (Å²) in [7, 11) is 3.72. The fourth-order valence-electron chi connectivity index (χ4n) is 2.98. The molecule has 0 amide bonds. The highest BCUT2D eigenvalue weighted by molar-refractivity contribution is 6.30. The van der Waals surface area contributed by atoms with E-state index in [-0.39, 0.29) is 0 Å². The van der Waals surface area contributed by atoms with Crippen molar-refractivity contribution in [1.82, 2.24) is 15.3 Å². The minimum Gasteiger partial charge on any atom is -0.496 e. The van der Waals surface area contributed by atoms with Crippen LogP contribution in [-0.2, 0) is 19.4 Å². The maximum atomic E-state index is 6.13. The van der Waals surface area contributed by atoms with E-state index in [4.69, 9.17) is 16.3 Å². The average molecular weight is 333 g/mol. The number of nitrogens with zero attached hydrogens (tertiary/aromatic N) is 3. The van der Waals surface area contributed by atoms with Crippen LogP contribution < -0.4 is 15.0 Å². The van der Waals surface area contributed by atoms with Crippen molar-refractivity contribution < 1.29 is 4.74 Å². The largest absolute Gasteiger partial charge is 0.496 e. The van der Waals surface area contributed by atoms with Gasteiger partial charge in [-0.2, -0.15) is 0 Å². The summed E-state index contributed by atoms with van der Waals surface area (Å²) in [5.41, 5.74) is 3.42. The number of fused-ring (bicyclic) bond motifs is 1. The Hall–Kier alpha value is -1.85. The van der Waals surface area contributed by atoms with Gasteiger partial charge in [-0.15, -0.1) is 0 Å². The van der Waals surface area contributed by atoms with Crippen LogP contribution in [0.4, 0.5) is 5.82 Å². The molecule has 0 spiro atoms. The first-order chi connectivity index (χ1) is 11.2. The zero-order valence-corrected chi connectivity index (χ0v) is 14.2. The first kappa shape index (κ1) is 16.0. The molecule has 122 valence electrons. The molecule has 0 saturated heterocycles. The van der Waals surface area contributed by atoms with Gasteiger partial charge in [-0.1, -0.05) is 11.6 Å². The van der Waals surface area contributed by atoms with E-state index in [0.717, 1.165) is 48.8 Å². The zero-order chi connectivity index (χ0) is 16.2. The molecular formula is C17H21ClN4O. The molecule has 3 rings (SSSR count). The molecule has 0 aliphatic carbocycles. The molecule has 6 heteroatoms. The molecule has 0 radical (unpaired) electrons. The second kappa shape index (κ2) is 7.15. The Bertz CT molecular complexity index is 692. The summed E-state index contributed by atoms with van der Waals surface area (Å²) >= 11 is 6.13. The van der Waals surface area contributed by atoms with Gasteiger partial charge in [-0.25, -0.2) is 9.97 Å². The minimum atomic E-state index is 0.681. The number of anilines is 1. The van der Waals surface area contributed by atoms with Crippen LogP contribution >= 0.6 is 11.6 Å². The molecule has 0 unspecified atom stereocenters. The quantitative estimate of drug-likeness (QED) is 0.932. The van der Waals surface area contributed by atoms with Crippen molar-refractivity contribution in [2.45, 2.75) is 19.4 Å². The summed E-state index contributed by atoms with van der Waals surface area (Å²) in [5, 5.41) is 4.12. The van der Waals surface area contributed by atoms with Gasteiger partial charge < -0.3 is 15.0 Å². The number of hydrogen-bond donors (Lipinski definition) is 1. The van der Waals surface area contributed by atoms with Crippen LogP contribution in [0.2, 0.25) is 5.02 Å². The number of aromatic nitrogens is 2. The van der Waals surface area contributed by atoms with Crippen molar-refractivity contribution in [3.63, 3.8) is 0 Å². The van der Waals surface area contributed by atoms with E-state index in [0.29, 0.717) is 11.6 Å². The Balaban J connectivity index is 1.90. The van der Waals surface area contributed by atoms with Crippen molar-refractivity contribution in [2.24, 2.45) is 0 Å². The van der Waals surface area contributed by atoms with Crippen LogP contribution in [0.1, 0.15) is 16.8 Å². The Kier molecular flexibility index (Phi) is 4.98. The van der Waals surface area contributed by atoms with Crippen molar-refractivity contribution in [3.05, 3.63) is 46.4 Å².